The third kappa shape index (κ3) is 6.44. The highest BCUT2D eigenvalue weighted by molar-refractivity contribution is 5.21. The van der Waals surface area contributed by atoms with Gasteiger partial charge in [-0.15, -0.1) is 0 Å². The van der Waals surface area contributed by atoms with Crippen molar-refractivity contribution >= 4 is 0 Å². The van der Waals surface area contributed by atoms with Crippen molar-refractivity contribution < 1.29 is 22.3 Å². The number of hydrogen-bond donors (Lipinski definition) is 1. The normalized spacial score (nSPS) is 17.0. The van der Waals surface area contributed by atoms with Gasteiger partial charge in [-0.2, -0.15) is 13.2 Å². The van der Waals surface area contributed by atoms with Gasteiger partial charge in [-0.3, -0.25) is 0 Å². The summed E-state index contributed by atoms with van der Waals surface area (Å²) in [7, 11) is 0. The molecule has 0 aliphatic heterocycles. The van der Waals surface area contributed by atoms with Crippen LogP contribution in [0.1, 0.15) is 30.7 Å². The standard InChI is InChI=1S/C15H19F4NO/c16-13-3-1-2-11(8-13)12(9-20-14-4-5-14)6-7-21-10-15(17,18)19/h1-3,8,12,14,20H,4-7,9-10H2. The smallest absolute Gasteiger partial charge is 0.372 e. The van der Waals surface area contributed by atoms with Crippen molar-refractivity contribution in [2.24, 2.45) is 0 Å². The second-order valence-electron chi connectivity index (χ2n) is 5.39. The van der Waals surface area contributed by atoms with Gasteiger partial charge >= 0.3 is 6.18 Å². The Bertz CT molecular complexity index is 446. The fraction of sp³-hybridized carbons (Fsp3) is 0.600. The Morgan fingerprint density at radius 1 is 1.29 bits per heavy atom. The summed E-state index contributed by atoms with van der Waals surface area (Å²) in [5.41, 5.74) is 0.791. The van der Waals surface area contributed by atoms with Crippen LogP contribution in [0.2, 0.25) is 0 Å². The van der Waals surface area contributed by atoms with Crippen LogP contribution in [-0.4, -0.2) is 32.0 Å². The van der Waals surface area contributed by atoms with Gasteiger partial charge in [0, 0.05) is 19.2 Å². The first-order chi connectivity index (χ1) is 9.94. The average Bonchev–Trinajstić information content (AvgIpc) is 3.20. The van der Waals surface area contributed by atoms with E-state index >= 15 is 0 Å². The van der Waals surface area contributed by atoms with Crippen molar-refractivity contribution in [3.8, 4) is 0 Å². The van der Waals surface area contributed by atoms with E-state index in [1.165, 1.54) is 12.1 Å². The molecule has 0 saturated heterocycles. The van der Waals surface area contributed by atoms with E-state index in [0.717, 1.165) is 18.4 Å². The maximum atomic E-state index is 13.3. The minimum Gasteiger partial charge on any atom is -0.372 e. The van der Waals surface area contributed by atoms with Gasteiger partial charge in [0.05, 0.1) is 0 Å². The van der Waals surface area contributed by atoms with Crippen LogP contribution in [0.25, 0.3) is 0 Å². The molecule has 0 aromatic heterocycles. The minimum absolute atomic E-state index is 0.00698. The van der Waals surface area contributed by atoms with Crippen molar-refractivity contribution in [2.45, 2.75) is 37.4 Å². The van der Waals surface area contributed by atoms with E-state index in [0.29, 0.717) is 19.0 Å². The fourth-order valence-electron chi connectivity index (χ4n) is 2.16. The molecule has 1 N–H and O–H groups in total. The summed E-state index contributed by atoms with van der Waals surface area (Å²) in [6, 6.07) is 6.70. The van der Waals surface area contributed by atoms with Gasteiger partial charge in [-0.25, -0.2) is 4.39 Å². The van der Waals surface area contributed by atoms with Crippen LogP contribution in [0.3, 0.4) is 0 Å². The van der Waals surface area contributed by atoms with Gasteiger partial charge < -0.3 is 10.1 Å². The Morgan fingerprint density at radius 2 is 2.05 bits per heavy atom. The number of rotatable bonds is 8. The van der Waals surface area contributed by atoms with Gasteiger partial charge in [0.1, 0.15) is 12.4 Å². The number of hydrogen-bond acceptors (Lipinski definition) is 2. The van der Waals surface area contributed by atoms with Crippen molar-refractivity contribution in [1.29, 1.82) is 0 Å². The maximum Gasteiger partial charge on any atom is 0.411 e. The Balaban J connectivity index is 1.85. The Hall–Kier alpha value is -1.14. The highest BCUT2D eigenvalue weighted by Crippen LogP contribution is 2.24. The third-order valence-corrected chi connectivity index (χ3v) is 3.43. The number of benzene rings is 1. The van der Waals surface area contributed by atoms with Crippen LogP contribution in [0.15, 0.2) is 24.3 Å². The Morgan fingerprint density at radius 3 is 2.67 bits per heavy atom. The lowest BCUT2D eigenvalue weighted by Crippen LogP contribution is -2.25. The predicted octanol–water partition coefficient (Wildman–Crippen LogP) is 3.63. The zero-order valence-electron chi connectivity index (χ0n) is 11.6. The number of alkyl halides is 3. The predicted molar refractivity (Wildman–Crippen MR) is 71.7 cm³/mol. The van der Waals surface area contributed by atoms with Crippen molar-refractivity contribution in [3.05, 3.63) is 35.6 Å². The van der Waals surface area contributed by atoms with Crippen molar-refractivity contribution in [2.75, 3.05) is 19.8 Å². The fourth-order valence-corrected chi connectivity index (χ4v) is 2.16. The lowest BCUT2D eigenvalue weighted by Gasteiger charge is -2.18. The molecular formula is C15H19F4NO. The summed E-state index contributed by atoms with van der Waals surface area (Å²) in [5.74, 6) is -0.380. The van der Waals surface area contributed by atoms with Crippen LogP contribution in [0, 0.1) is 5.82 Å². The summed E-state index contributed by atoms with van der Waals surface area (Å²) < 4.78 is 54.0. The highest BCUT2D eigenvalue weighted by atomic mass is 19.4. The molecule has 0 radical (unpaired) electrons. The number of nitrogens with one attached hydrogen (secondary N) is 1. The topological polar surface area (TPSA) is 21.3 Å². The number of ether oxygens (including phenoxy) is 1. The molecule has 1 saturated carbocycles. The lowest BCUT2D eigenvalue weighted by molar-refractivity contribution is -0.174. The molecule has 1 aromatic rings. The number of halogens is 4. The maximum absolute atomic E-state index is 13.3. The van der Waals surface area contributed by atoms with Crippen LogP contribution >= 0.6 is 0 Å². The van der Waals surface area contributed by atoms with Crippen molar-refractivity contribution in [1.82, 2.24) is 5.32 Å². The molecule has 0 bridgehead atoms. The van der Waals surface area contributed by atoms with E-state index in [1.807, 2.05) is 0 Å². The molecule has 0 amide bonds. The molecule has 0 spiro atoms. The van der Waals surface area contributed by atoms with E-state index in [4.69, 9.17) is 0 Å². The minimum atomic E-state index is -4.30. The zero-order valence-corrected chi connectivity index (χ0v) is 11.6. The van der Waals surface area contributed by atoms with Crippen LogP contribution in [-0.2, 0) is 4.74 Å². The second-order valence-corrected chi connectivity index (χ2v) is 5.39. The van der Waals surface area contributed by atoms with Gasteiger partial charge in [0.2, 0.25) is 0 Å². The van der Waals surface area contributed by atoms with Gasteiger partial charge in [0.25, 0.3) is 0 Å². The molecule has 2 nitrogen and oxygen atoms in total. The molecule has 1 aromatic carbocycles. The average molecular weight is 305 g/mol. The zero-order chi connectivity index (χ0) is 15.3. The molecule has 1 fully saturated rings. The van der Waals surface area contributed by atoms with Gasteiger partial charge in [0.15, 0.2) is 0 Å². The molecule has 21 heavy (non-hydrogen) atoms. The molecule has 1 atom stereocenters. The van der Waals surface area contributed by atoms with E-state index in [-0.39, 0.29) is 18.3 Å². The molecule has 6 heteroatoms. The van der Waals surface area contributed by atoms with E-state index in [2.05, 4.69) is 10.1 Å². The van der Waals surface area contributed by atoms with E-state index in [1.54, 1.807) is 12.1 Å². The summed E-state index contributed by atoms with van der Waals surface area (Å²) in [4.78, 5) is 0. The molecule has 1 unspecified atom stereocenters. The summed E-state index contributed by atoms with van der Waals surface area (Å²) in [6.45, 7) is -0.602. The quantitative estimate of drug-likeness (QED) is 0.585. The van der Waals surface area contributed by atoms with Crippen LogP contribution in [0.5, 0.6) is 0 Å². The molecule has 118 valence electrons. The SMILES string of the molecule is Fc1cccc(C(CCOCC(F)(F)F)CNC2CC2)c1. The third-order valence-electron chi connectivity index (χ3n) is 3.43. The Labute approximate surface area is 121 Å². The first-order valence-corrected chi connectivity index (χ1v) is 7.07. The summed E-state index contributed by atoms with van der Waals surface area (Å²) >= 11 is 0. The highest BCUT2D eigenvalue weighted by Gasteiger charge is 2.27. The first-order valence-electron chi connectivity index (χ1n) is 7.07. The monoisotopic (exact) mass is 305 g/mol. The second kappa shape index (κ2) is 7.22. The van der Waals surface area contributed by atoms with Gasteiger partial charge in [-0.1, -0.05) is 12.1 Å². The lowest BCUT2D eigenvalue weighted by atomic mass is 9.96. The summed E-state index contributed by atoms with van der Waals surface area (Å²) in [6.07, 6.45) is -1.62. The van der Waals surface area contributed by atoms with Crippen molar-refractivity contribution in [3.63, 3.8) is 0 Å². The van der Waals surface area contributed by atoms with E-state index in [9.17, 15) is 17.6 Å². The molecule has 2 rings (SSSR count). The molecular weight excluding hydrogens is 286 g/mol. The molecule has 1 aliphatic carbocycles. The van der Waals surface area contributed by atoms with Crippen LogP contribution in [0.4, 0.5) is 17.6 Å². The largest absolute Gasteiger partial charge is 0.411 e. The molecule has 0 heterocycles. The van der Waals surface area contributed by atoms with Gasteiger partial charge in [-0.05, 0) is 42.9 Å². The summed E-state index contributed by atoms with van der Waals surface area (Å²) in [5, 5.41) is 3.33. The Kier molecular flexibility index (Phi) is 5.58. The first kappa shape index (κ1) is 16.2. The van der Waals surface area contributed by atoms with Crippen LogP contribution < -0.4 is 5.32 Å². The molecule has 1 aliphatic rings. The van der Waals surface area contributed by atoms with E-state index < -0.39 is 12.8 Å².